The van der Waals surface area contributed by atoms with Crippen LogP contribution in [0.3, 0.4) is 0 Å². The number of aryl methyl sites for hydroxylation is 1. The van der Waals surface area contributed by atoms with Crippen molar-refractivity contribution in [3.05, 3.63) is 124 Å². The van der Waals surface area contributed by atoms with E-state index < -0.39 is 31.5 Å². The second-order valence-electron chi connectivity index (χ2n) is 14.7. The van der Waals surface area contributed by atoms with E-state index in [0.717, 1.165) is 44.6 Å². The van der Waals surface area contributed by atoms with Gasteiger partial charge in [0.05, 0.1) is 37.1 Å². The molecule has 4 aromatic carbocycles. The third-order valence-electron chi connectivity index (χ3n) is 10.9. The van der Waals surface area contributed by atoms with Crippen LogP contribution >= 0.6 is 15.9 Å². The second-order valence-corrected chi connectivity index (χ2v) is 19.6. The Balaban J connectivity index is 1.18. The molecule has 1 fully saturated rings. The standard InChI is InChI=1S/C41H44BrN3O6Si/c1-27-39(52(2,3)50)36(24-38(48)43(21-22-46)25-28-9-5-4-6-10-28)51-41(27)33-23-31(42)16-19-35(33)44(40(41)49)26-29-13-17-32(18-14-29)45-34-12-8-7-11-30(34)15-20-37(45)47/h4-14,16-19,23,27,36,39,46,50H,15,20-22,24-26H2,1-3H3/t27-,36+,39-,41+/m0/s1. The molecule has 7 rings (SSSR count). The first-order valence-corrected chi connectivity index (χ1v) is 21.7. The van der Waals surface area contributed by atoms with E-state index >= 15 is 0 Å². The summed E-state index contributed by atoms with van der Waals surface area (Å²) in [4.78, 5) is 58.8. The maximum Gasteiger partial charge on any atom is 0.264 e. The number of aliphatic hydroxyl groups excluding tert-OH is 1. The van der Waals surface area contributed by atoms with E-state index in [4.69, 9.17) is 4.74 Å². The first kappa shape index (κ1) is 36.2. The van der Waals surface area contributed by atoms with Gasteiger partial charge in [-0.3, -0.25) is 19.3 Å². The average molecular weight is 783 g/mol. The Kier molecular flexibility index (Phi) is 10.0. The van der Waals surface area contributed by atoms with Gasteiger partial charge in [-0.15, -0.1) is 0 Å². The molecule has 3 aliphatic rings. The normalized spacial score (nSPS) is 22.5. The number of halogens is 1. The van der Waals surface area contributed by atoms with Crippen LogP contribution in [0.5, 0.6) is 0 Å². The van der Waals surface area contributed by atoms with Gasteiger partial charge in [0.25, 0.3) is 5.91 Å². The van der Waals surface area contributed by atoms with E-state index in [1.807, 2.05) is 111 Å². The van der Waals surface area contributed by atoms with E-state index in [1.165, 1.54) is 0 Å². The van der Waals surface area contributed by atoms with E-state index in [9.17, 15) is 24.3 Å². The lowest BCUT2D eigenvalue weighted by molar-refractivity contribution is -0.150. The van der Waals surface area contributed by atoms with Gasteiger partial charge in [0.2, 0.25) is 11.8 Å². The van der Waals surface area contributed by atoms with Gasteiger partial charge in [0.1, 0.15) is 0 Å². The number of hydrogen-bond acceptors (Lipinski definition) is 6. The molecule has 1 spiro atoms. The number of carbonyl (C=O) groups is 3. The van der Waals surface area contributed by atoms with Crippen molar-refractivity contribution < 1.29 is 29.0 Å². The van der Waals surface area contributed by atoms with E-state index in [2.05, 4.69) is 22.0 Å². The SMILES string of the molecule is C[C@H]1[C@H]([Si](C)(C)O)[C@@H](CC(=O)N(CCO)Cc2ccccc2)O[C@]12C(=O)N(Cc1ccc(N3C(=O)CCc4ccccc43)cc1)c1ccc(Br)cc12. The summed E-state index contributed by atoms with van der Waals surface area (Å²) in [5.41, 5.74) is 4.22. The van der Waals surface area contributed by atoms with Gasteiger partial charge in [-0.1, -0.05) is 83.5 Å². The molecule has 9 nitrogen and oxygen atoms in total. The number of carbonyl (C=O) groups excluding carboxylic acids is 3. The molecule has 0 radical (unpaired) electrons. The molecule has 0 saturated carbocycles. The summed E-state index contributed by atoms with van der Waals surface area (Å²) in [5, 5.41) is 9.84. The van der Waals surface area contributed by atoms with E-state index in [1.54, 1.807) is 14.7 Å². The lowest BCUT2D eigenvalue weighted by Gasteiger charge is -2.32. The van der Waals surface area contributed by atoms with Gasteiger partial charge in [-0.2, -0.15) is 0 Å². The summed E-state index contributed by atoms with van der Waals surface area (Å²) in [6.07, 6.45) is 0.419. The molecule has 270 valence electrons. The topological polar surface area (TPSA) is 111 Å². The lowest BCUT2D eigenvalue weighted by Crippen LogP contribution is -2.46. The Morgan fingerprint density at radius 3 is 2.37 bits per heavy atom. The fourth-order valence-electron chi connectivity index (χ4n) is 8.57. The van der Waals surface area contributed by atoms with Crippen molar-refractivity contribution in [1.29, 1.82) is 0 Å². The van der Waals surface area contributed by atoms with Gasteiger partial charge < -0.3 is 24.4 Å². The van der Waals surface area contributed by atoms with Gasteiger partial charge in [0.15, 0.2) is 13.9 Å². The summed E-state index contributed by atoms with van der Waals surface area (Å²) in [5.74, 6) is -0.822. The molecule has 3 amide bonds. The molecule has 0 aliphatic carbocycles. The molecule has 3 aliphatic heterocycles. The van der Waals surface area contributed by atoms with Crippen LogP contribution in [0.15, 0.2) is 102 Å². The summed E-state index contributed by atoms with van der Waals surface area (Å²) < 4.78 is 7.72. The predicted octanol–water partition coefficient (Wildman–Crippen LogP) is 6.82. The minimum Gasteiger partial charge on any atom is -0.432 e. The zero-order valence-electron chi connectivity index (χ0n) is 29.7. The number of aliphatic hydroxyl groups is 1. The second kappa shape index (κ2) is 14.4. The number of hydrogen-bond donors (Lipinski definition) is 2. The maximum absolute atomic E-state index is 14.9. The van der Waals surface area contributed by atoms with Crippen molar-refractivity contribution in [1.82, 2.24) is 4.90 Å². The third-order valence-corrected chi connectivity index (χ3v) is 13.9. The summed E-state index contributed by atoms with van der Waals surface area (Å²) in [6.45, 7) is 6.22. The molecule has 0 aromatic heterocycles. The highest BCUT2D eigenvalue weighted by atomic mass is 79.9. The number of anilines is 3. The number of rotatable bonds is 10. The fourth-order valence-corrected chi connectivity index (χ4v) is 11.5. The van der Waals surface area contributed by atoms with Crippen molar-refractivity contribution in [2.75, 3.05) is 23.0 Å². The number of para-hydroxylation sites is 1. The van der Waals surface area contributed by atoms with Crippen LogP contribution in [0, 0.1) is 5.92 Å². The Hall–Kier alpha value is -4.13. The monoisotopic (exact) mass is 781 g/mol. The third kappa shape index (κ3) is 6.53. The van der Waals surface area contributed by atoms with Crippen LogP contribution in [0.4, 0.5) is 17.1 Å². The molecule has 3 heterocycles. The van der Waals surface area contributed by atoms with Crippen molar-refractivity contribution in [2.24, 2.45) is 5.92 Å². The first-order valence-electron chi connectivity index (χ1n) is 17.9. The van der Waals surface area contributed by atoms with E-state index in [0.29, 0.717) is 18.5 Å². The summed E-state index contributed by atoms with van der Waals surface area (Å²) >= 11 is 3.62. The largest absolute Gasteiger partial charge is 0.432 e. The molecule has 0 bridgehead atoms. The van der Waals surface area contributed by atoms with Crippen LogP contribution in [0.25, 0.3) is 0 Å². The van der Waals surface area contributed by atoms with E-state index in [-0.39, 0.29) is 43.8 Å². The molecule has 0 unspecified atom stereocenters. The molecule has 1 saturated heterocycles. The number of amides is 3. The molecule has 11 heteroatoms. The number of nitrogens with zero attached hydrogens (tertiary/aromatic N) is 3. The number of benzene rings is 4. The van der Waals surface area contributed by atoms with Gasteiger partial charge in [0, 0.05) is 46.7 Å². The van der Waals surface area contributed by atoms with Gasteiger partial charge >= 0.3 is 0 Å². The quantitative estimate of drug-likeness (QED) is 0.171. The first-order chi connectivity index (χ1) is 24.9. The van der Waals surface area contributed by atoms with Gasteiger partial charge in [-0.05, 0) is 72.6 Å². The molecule has 52 heavy (non-hydrogen) atoms. The van der Waals surface area contributed by atoms with Gasteiger partial charge in [-0.25, -0.2) is 0 Å². The fraction of sp³-hybridized carbons (Fsp3) is 0.341. The zero-order valence-corrected chi connectivity index (χ0v) is 32.3. The Morgan fingerprint density at radius 2 is 1.65 bits per heavy atom. The average Bonchev–Trinajstić information content (AvgIpc) is 3.54. The van der Waals surface area contributed by atoms with Crippen LogP contribution in [0.2, 0.25) is 18.6 Å². The Labute approximate surface area is 314 Å². The van der Waals surface area contributed by atoms with Crippen LogP contribution < -0.4 is 9.80 Å². The highest BCUT2D eigenvalue weighted by Crippen LogP contribution is 2.60. The number of ether oxygens (including phenoxy) is 1. The zero-order chi connectivity index (χ0) is 36.8. The minimum absolute atomic E-state index is 0.0307. The van der Waals surface area contributed by atoms with Crippen LogP contribution in [0.1, 0.15) is 42.0 Å². The molecular weight excluding hydrogens is 738 g/mol. The Bertz CT molecular complexity index is 1990. The molecular formula is C41H44BrN3O6Si. The molecule has 4 aromatic rings. The van der Waals surface area contributed by atoms with Crippen molar-refractivity contribution >= 4 is 59.0 Å². The predicted molar refractivity (Wildman–Crippen MR) is 206 cm³/mol. The maximum atomic E-state index is 14.9. The smallest absolute Gasteiger partial charge is 0.264 e. The van der Waals surface area contributed by atoms with Crippen molar-refractivity contribution in [3.63, 3.8) is 0 Å². The summed E-state index contributed by atoms with van der Waals surface area (Å²) in [6, 6.07) is 31.1. The van der Waals surface area contributed by atoms with Crippen LogP contribution in [-0.4, -0.2) is 60.1 Å². The highest BCUT2D eigenvalue weighted by molar-refractivity contribution is 9.10. The lowest BCUT2D eigenvalue weighted by atomic mass is 9.82. The van der Waals surface area contributed by atoms with Crippen LogP contribution in [-0.2, 0) is 44.2 Å². The number of fused-ring (bicyclic) bond motifs is 3. The minimum atomic E-state index is -3.01. The van der Waals surface area contributed by atoms with Crippen molar-refractivity contribution in [3.8, 4) is 0 Å². The molecule has 2 N–H and O–H groups in total. The molecule has 4 atom stereocenters. The van der Waals surface area contributed by atoms with Crippen molar-refractivity contribution in [2.45, 2.75) is 69.6 Å². The Morgan fingerprint density at radius 1 is 0.942 bits per heavy atom. The summed E-state index contributed by atoms with van der Waals surface area (Å²) in [7, 11) is -3.01. The highest BCUT2D eigenvalue weighted by Gasteiger charge is 2.66.